The number of amides is 1. The zero-order chi connectivity index (χ0) is 19.3. The monoisotopic (exact) mass is 384 g/mol. The Bertz CT molecular complexity index is 787. The van der Waals surface area contributed by atoms with E-state index in [-0.39, 0.29) is 33.5 Å². The van der Waals surface area contributed by atoms with Gasteiger partial charge in [0.05, 0.1) is 11.3 Å². The van der Waals surface area contributed by atoms with Crippen molar-refractivity contribution in [1.82, 2.24) is 5.16 Å². The molecule has 2 aromatic rings. The number of thioether (sulfide) groups is 1. The summed E-state index contributed by atoms with van der Waals surface area (Å²) in [5.74, 6) is -4.04. The summed E-state index contributed by atoms with van der Waals surface area (Å²) in [6.45, 7) is 5.23. The molecule has 0 saturated carbocycles. The molecule has 0 radical (unpaired) electrons. The first kappa shape index (κ1) is 19.9. The van der Waals surface area contributed by atoms with Crippen molar-refractivity contribution in [3.63, 3.8) is 0 Å². The molecule has 0 aliphatic heterocycles. The van der Waals surface area contributed by atoms with Gasteiger partial charge in [0.15, 0.2) is 6.61 Å². The maximum Gasteiger partial charge on any atom is 0.339 e. The lowest BCUT2D eigenvalue weighted by molar-refractivity contribution is -0.119. The second-order valence-corrected chi connectivity index (χ2v) is 7.36. The average Bonchev–Trinajstić information content (AvgIpc) is 3.01. The van der Waals surface area contributed by atoms with Crippen molar-refractivity contribution in [2.45, 2.75) is 36.8 Å². The normalized spacial score (nSPS) is 11.5. The number of hydrogen-bond acceptors (Lipinski definition) is 6. The summed E-state index contributed by atoms with van der Waals surface area (Å²) >= 11 is 0.237. The maximum atomic E-state index is 12.5. The molecule has 0 bridgehead atoms. The van der Waals surface area contributed by atoms with Crippen LogP contribution in [0.3, 0.4) is 0 Å². The van der Waals surface area contributed by atoms with Crippen LogP contribution in [0.2, 0.25) is 0 Å². The van der Waals surface area contributed by atoms with E-state index in [2.05, 4.69) is 10.5 Å². The molecule has 0 aliphatic rings. The van der Waals surface area contributed by atoms with E-state index < -0.39 is 24.2 Å². The van der Waals surface area contributed by atoms with Gasteiger partial charge in [0.1, 0.15) is 0 Å². The van der Waals surface area contributed by atoms with Gasteiger partial charge in [-0.1, -0.05) is 49.8 Å². The molecule has 1 N–H and O–H groups in total. The first-order valence-electron chi connectivity index (χ1n) is 7.65. The van der Waals surface area contributed by atoms with E-state index in [1.165, 1.54) is 24.3 Å². The predicted molar refractivity (Wildman–Crippen MR) is 92.4 cm³/mol. The zero-order valence-electron chi connectivity index (χ0n) is 14.4. The van der Waals surface area contributed by atoms with Crippen LogP contribution in [-0.4, -0.2) is 29.4 Å². The van der Waals surface area contributed by atoms with Gasteiger partial charge in [-0.25, -0.2) is 4.79 Å². The average molecular weight is 384 g/mol. The minimum Gasteiger partial charge on any atom is -0.452 e. The topological polar surface area (TPSA) is 81.4 Å². The first-order valence-corrected chi connectivity index (χ1v) is 8.53. The number of alkyl halides is 2. The quantitative estimate of drug-likeness (QED) is 0.597. The molecular weight excluding hydrogens is 366 g/mol. The van der Waals surface area contributed by atoms with E-state index in [9.17, 15) is 18.4 Å². The SMILES string of the molecule is CC(C)(C)c1cc(NC(=O)COC(=O)c2ccccc2SC(F)F)on1. The molecule has 1 aromatic carbocycles. The van der Waals surface area contributed by atoms with Gasteiger partial charge in [-0.2, -0.15) is 8.78 Å². The maximum absolute atomic E-state index is 12.5. The van der Waals surface area contributed by atoms with Crippen molar-refractivity contribution < 1.29 is 27.6 Å². The van der Waals surface area contributed by atoms with Gasteiger partial charge in [0.25, 0.3) is 11.7 Å². The summed E-state index contributed by atoms with van der Waals surface area (Å²) in [6.07, 6.45) is 0. The van der Waals surface area contributed by atoms with E-state index >= 15 is 0 Å². The highest BCUT2D eigenvalue weighted by Crippen LogP contribution is 2.28. The summed E-state index contributed by atoms with van der Waals surface area (Å²) in [4.78, 5) is 24.0. The molecule has 0 unspecified atom stereocenters. The van der Waals surface area contributed by atoms with E-state index in [1.807, 2.05) is 20.8 Å². The fraction of sp³-hybridized carbons (Fsp3) is 0.353. The van der Waals surface area contributed by atoms with Gasteiger partial charge in [-0.15, -0.1) is 0 Å². The van der Waals surface area contributed by atoms with Crippen LogP contribution in [0.25, 0.3) is 0 Å². The highest BCUT2D eigenvalue weighted by atomic mass is 32.2. The summed E-state index contributed by atoms with van der Waals surface area (Å²) in [7, 11) is 0. The third kappa shape index (κ3) is 5.55. The van der Waals surface area contributed by atoms with Gasteiger partial charge in [0.2, 0.25) is 5.88 Å². The number of esters is 1. The molecule has 9 heteroatoms. The van der Waals surface area contributed by atoms with Gasteiger partial charge < -0.3 is 9.26 Å². The van der Waals surface area contributed by atoms with Gasteiger partial charge >= 0.3 is 5.97 Å². The zero-order valence-corrected chi connectivity index (χ0v) is 15.2. The van der Waals surface area contributed by atoms with Crippen LogP contribution in [0.15, 0.2) is 39.8 Å². The number of aromatic nitrogens is 1. The van der Waals surface area contributed by atoms with Crippen LogP contribution >= 0.6 is 11.8 Å². The van der Waals surface area contributed by atoms with E-state index in [0.29, 0.717) is 5.69 Å². The Morgan fingerprint density at radius 2 is 2.00 bits per heavy atom. The van der Waals surface area contributed by atoms with E-state index in [1.54, 1.807) is 6.07 Å². The van der Waals surface area contributed by atoms with Crippen LogP contribution in [0.4, 0.5) is 14.7 Å². The lowest BCUT2D eigenvalue weighted by Gasteiger charge is -2.12. The van der Waals surface area contributed by atoms with Crippen LogP contribution in [0.1, 0.15) is 36.8 Å². The lowest BCUT2D eigenvalue weighted by Crippen LogP contribution is -2.21. The van der Waals surface area contributed by atoms with Crippen molar-refractivity contribution in [2.75, 3.05) is 11.9 Å². The Morgan fingerprint density at radius 3 is 2.62 bits per heavy atom. The Labute approximate surface area is 153 Å². The highest BCUT2D eigenvalue weighted by molar-refractivity contribution is 7.99. The van der Waals surface area contributed by atoms with Crippen molar-refractivity contribution >= 4 is 29.5 Å². The van der Waals surface area contributed by atoms with E-state index in [4.69, 9.17) is 9.26 Å². The number of nitrogens with one attached hydrogen (secondary N) is 1. The Hall–Kier alpha value is -2.42. The number of ether oxygens (including phenoxy) is 1. The van der Waals surface area contributed by atoms with Crippen LogP contribution in [0.5, 0.6) is 0 Å². The largest absolute Gasteiger partial charge is 0.452 e. The number of halogens is 2. The van der Waals surface area contributed by atoms with Crippen LogP contribution in [0, 0.1) is 0 Å². The summed E-state index contributed by atoms with van der Waals surface area (Å²) < 4.78 is 35.0. The molecule has 2 rings (SSSR count). The molecule has 0 aliphatic carbocycles. The molecule has 140 valence electrons. The Morgan fingerprint density at radius 1 is 1.31 bits per heavy atom. The van der Waals surface area contributed by atoms with Crippen molar-refractivity contribution in [1.29, 1.82) is 0 Å². The van der Waals surface area contributed by atoms with E-state index in [0.717, 1.165) is 0 Å². The standard InChI is InChI=1S/C17H18F2N2O4S/c1-17(2,3)12-8-14(25-21-12)20-13(22)9-24-15(23)10-6-4-5-7-11(10)26-16(18)19/h4-8,16H,9H2,1-3H3,(H,20,22). The van der Waals surface area contributed by atoms with Gasteiger partial charge in [0, 0.05) is 16.4 Å². The minimum atomic E-state index is -2.67. The predicted octanol–water partition coefficient (Wildman–Crippen LogP) is 4.08. The molecule has 1 amide bonds. The highest BCUT2D eigenvalue weighted by Gasteiger charge is 2.21. The summed E-state index contributed by atoms with van der Waals surface area (Å²) in [5, 5.41) is 6.27. The number of carbonyl (C=O) groups excluding carboxylic acids is 2. The fourth-order valence-electron chi connectivity index (χ4n) is 1.90. The molecule has 1 heterocycles. The molecule has 0 atom stereocenters. The number of hydrogen-bond donors (Lipinski definition) is 1. The Kier molecular flexibility index (Phi) is 6.36. The van der Waals surface area contributed by atoms with Gasteiger partial charge in [-0.3, -0.25) is 10.1 Å². The molecular formula is C17H18F2N2O4S. The lowest BCUT2D eigenvalue weighted by atomic mass is 9.92. The first-order chi connectivity index (χ1) is 12.2. The third-order valence-corrected chi connectivity index (χ3v) is 3.99. The Balaban J connectivity index is 1.93. The second-order valence-electron chi connectivity index (χ2n) is 6.33. The van der Waals surface area contributed by atoms with Crippen LogP contribution in [-0.2, 0) is 14.9 Å². The number of anilines is 1. The fourth-order valence-corrected chi connectivity index (χ4v) is 2.53. The number of benzene rings is 1. The van der Waals surface area contributed by atoms with Gasteiger partial charge in [-0.05, 0) is 12.1 Å². The number of carbonyl (C=O) groups is 2. The summed E-state index contributed by atoms with van der Waals surface area (Å²) in [5.41, 5.74) is 0.383. The molecule has 0 spiro atoms. The minimum absolute atomic E-state index is 0.0275. The number of rotatable bonds is 6. The smallest absolute Gasteiger partial charge is 0.339 e. The third-order valence-electron chi connectivity index (χ3n) is 3.20. The second kappa shape index (κ2) is 8.31. The van der Waals surface area contributed by atoms with Crippen molar-refractivity contribution in [3.05, 3.63) is 41.6 Å². The molecule has 26 heavy (non-hydrogen) atoms. The van der Waals surface area contributed by atoms with Crippen LogP contribution < -0.4 is 5.32 Å². The van der Waals surface area contributed by atoms with Crippen molar-refractivity contribution in [2.24, 2.45) is 0 Å². The van der Waals surface area contributed by atoms with Crippen molar-refractivity contribution in [3.8, 4) is 0 Å². The molecule has 0 fully saturated rings. The molecule has 6 nitrogen and oxygen atoms in total. The number of nitrogens with zero attached hydrogens (tertiary/aromatic N) is 1. The summed E-state index contributed by atoms with van der Waals surface area (Å²) in [6, 6.07) is 7.38. The molecule has 1 aromatic heterocycles. The molecule has 0 saturated heterocycles.